The Bertz CT molecular complexity index is 933. The molecule has 0 radical (unpaired) electrons. The van der Waals surface area contributed by atoms with E-state index in [0.29, 0.717) is 23.7 Å². The van der Waals surface area contributed by atoms with Crippen LogP contribution in [0.2, 0.25) is 0 Å². The maximum Gasteiger partial charge on any atom is 0.231 e. The first-order chi connectivity index (χ1) is 14.7. The van der Waals surface area contributed by atoms with Crippen LogP contribution in [0.3, 0.4) is 0 Å². The molecule has 6 rings (SSSR count). The van der Waals surface area contributed by atoms with Gasteiger partial charge in [-0.25, -0.2) is 0 Å². The summed E-state index contributed by atoms with van der Waals surface area (Å²) in [6.45, 7) is 2.85. The summed E-state index contributed by atoms with van der Waals surface area (Å²) < 4.78 is 6.10. The zero-order chi connectivity index (χ0) is 20.6. The number of aliphatic hydroxyl groups excluding tert-OH is 1. The highest BCUT2D eigenvalue weighted by Gasteiger charge is 2.44. The van der Waals surface area contributed by atoms with Crippen molar-refractivity contribution in [3.05, 3.63) is 83.6 Å². The molecule has 4 heterocycles. The molecular weight excluding hydrogens is 374 g/mol. The van der Waals surface area contributed by atoms with Gasteiger partial charge in [-0.05, 0) is 49.1 Å². The number of hydrogen-bond acceptors (Lipinski definition) is 5. The summed E-state index contributed by atoms with van der Waals surface area (Å²) in [5.74, 6) is 1.87. The zero-order valence-corrected chi connectivity index (χ0v) is 17.4. The van der Waals surface area contributed by atoms with Gasteiger partial charge in [-0.2, -0.15) is 0 Å². The minimum atomic E-state index is -0.507. The van der Waals surface area contributed by atoms with Crippen LogP contribution >= 0.6 is 0 Å². The molecule has 5 nitrogen and oxygen atoms in total. The summed E-state index contributed by atoms with van der Waals surface area (Å²) in [6, 6.07) is 21.4. The molecule has 0 aliphatic carbocycles. The van der Waals surface area contributed by atoms with Gasteiger partial charge >= 0.3 is 0 Å². The fraction of sp³-hybridized carbons (Fsp3) is 0.440. The second-order valence-corrected chi connectivity index (χ2v) is 8.80. The number of rotatable bonds is 6. The van der Waals surface area contributed by atoms with E-state index in [2.05, 4.69) is 63.6 Å². The Labute approximate surface area is 177 Å². The van der Waals surface area contributed by atoms with Gasteiger partial charge in [0.1, 0.15) is 6.23 Å². The monoisotopic (exact) mass is 403 g/mol. The van der Waals surface area contributed by atoms with E-state index in [0.717, 1.165) is 36.9 Å². The molecule has 1 N–H and O–H groups in total. The Morgan fingerprint density at radius 3 is 2.20 bits per heavy atom. The molecule has 156 valence electrons. The lowest BCUT2D eigenvalue weighted by Gasteiger charge is -2.49. The molecule has 0 saturated carbocycles. The highest BCUT2D eigenvalue weighted by atomic mass is 16.4. The first kappa shape index (κ1) is 19.5. The van der Waals surface area contributed by atoms with Gasteiger partial charge in [-0.1, -0.05) is 60.7 Å². The van der Waals surface area contributed by atoms with E-state index >= 15 is 0 Å². The minimum absolute atomic E-state index is 0.295. The first-order valence-electron chi connectivity index (χ1n) is 11.0. The zero-order valence-electron chi connectivity index (χ0n) is 17.4. The van der Waals surface area contributed by atoms with Crippen molar-refractivity contribution in [3.8, 4) is 0 Å². The van der Waals surface area contributed by atoms with Gasteiger partial charge in [0.15, 0.2) is 0 Å². The maximum atomic E-state index is 10.5. The van der Waals surface area contributed by atoms with Crippen molar-refractivity contribution >= 4 is 0 Å². The molecule has 1 aromatic heterocycles. The van der Waals surface area contributed by atoms with Crippen molar-refractivity contribution in [2.24, 2.45) is 5.92 Å². The van der Waals surface area contributed by atoms with E-state index in [1.54, 1.807) is 0 Å². The van der Waals surface area contributed by atoms with Crippen LogP contribution in [0.4, 0.5) is 0 Å². The summed E-state index contributed by atoms with van der Waals surface area (Å²) in [7, 11) is 0. The molecule has 2 bridgehead atoms. The second-order valence-electron chi connectivity index (χ2n) is 8.80. The van der Waals surface area contributed by atoms with Crippen molar-refractivity contribution in [3.63, 3.8) is 0 Å². The number of fused-ring (bicyclic) bond motifs is 3. The lowest BCUT2D eigenvalue weighted by molar-refractivity contribution is -0.112. The Morgan fingerprint density at radius 1 is 1.00 bits per heavy atom. The van der Waals surface area contributed by atoms with Gasteiger partial charge in [0, 0.05) is 19.5 Å². The fourth-order valence-corrected chi connectivity index (χ4v) is 5.58. The lowest BCUT2D eigenvalue weighted by atomic mass is 9.69. The molecule has 5 heteroatoms. The number of piperidine rings is 3. The Kier molecular flexibility index (Phi) is 5.17. The summed E-state index contributed by atoms with van der Waals surface area (Å²) >= 11 is 0. The molecule has 2 aromatic carbocycles. The predicted molar refractivity (Wildman–Crippen MR) is 115 cm³/mol. The normalized spacial score (nSPS) is 26.1. The third kappa shape index (κ3) is 3.36. The van der Waals surface area contributed by atoms with Gasteiger partial charge < -0.3 is 9.52 Å². The van der Waals surface area contributed by atoms with Gasteiger partial charge in [0.05, 0.1) is 5.41 Å². The number of aromatic nitrogens is 2. The van der Waals surface area contributed by atoms with Gasteiger partial charge in [-0.3, -0.25) is 4.90 Å². The molecule has 3 saturated heterocycles. The van der Waals surface area contributed by atoms with Crippen LogP contribution in [0, 0.1) is 12.8 Å². The highest BCUT2D eigenvalue weighted by molar-refractivity contribution is 5.45. The first-order valence-corrected chi connectivity index (χ1v) is 11.0. The molecule has 4 atom stereocenters. The third-order valence-corrected chi connectivity index (χ3v) is 7.07. The van der Waals surface area contributed by atoms with Crippen LogP contribution in [0.5, 0.6) is 0 Å². The molecule has 4 unspecified atom stereocenters. The third-order valence-electron chi connectivity index (χ3n) is 7.07. The van der Waals surface area contributed by atoms with E-state index in [-0.39, 0.29) is 6.23 Å². The Balaban J connectivity index is 1.57. The number of aryl methyl sites for hydroxylation is 1. The average molecular weight is 404 g/mol. The van der Waals surface area contributed by atoms with Gasteiger partial charge in [0.2, 0.25) is 11.8 Å². The molecule has 30 heavy (non-hydrogen) atoms. The fourth-order valence-electron chi connectivity index (χ4n) is 5.58. The van der Waals surface area contributed by atoms with E-state index in [9.17, 15) is 5.11 Å². The number of hydrogen-bond donors (Lipinski definition) is 1. The average Bonchev–Trinajstić information content (AvgIpc) is 3.22. The smallest absolute Gasteiger partial charge is 0.231 e. The van der Waals surface area contributed by atoms with Crippen molar-refractivity contribution in [1.82, 2.24) is 15.1 Å². The van der Waals surface area contributed by atoms with Crippen LogP contribution in [-0.2, 0) is 5.41 Å². The molecule has 0 spiro atoms. The summed E-state index contributed by atoms with van der Waals surface area (Å²) in [6.07, 6.45) is 4.82. The quantitative estimate of drug-likeness (QED) is 0.665. The van der Waals surface area contributed by atoms with E-state index in [4.69, 9.17) is 4.42 Å². The SMILES string of the molecule is Cc1nnc(C(CCC2CC3CCN2C(O)C3)(c2ccccc2)c2ccccc2)o1. The molecular formula is C25H29N3O2. The molecule has 3 aromatic rings. The van der Waals surface area contributed by atoms with Gasteiger partial charge in [0.25, 0.3) is 0 Å². The molecule has 3 aliphatic rings. The Hall–Kier alpha value is -2.50. The second kappa shape index (κ2) is 7.97. The van der Waals surface area contributed by atoms with Crippen LogP contribution in [0.1, 0.15) is 55.0 Å². The highest BCUT2D eigenvalue weighted by Crippen LogP contribution is 2.45. The summed E-state index contributed by atoms with van der Waals surface area (Å²) in [5.41, 5.74) is 1.82. The van der Waals surface area contributed by atoms with E-state index in [1.165, 1.54) is 12.8 Å². The van der Waals surface area contributed by atoms with Crippen molar-refractivity contribution in [1.29, 1.82) is 0 Å². The van der Waals surface area contributed by atoms with E-state index < -0.39 is 5.41 Å². The van der Waals surface area contributed by atoms with Crippen LogP contribution in [-0.4, -0.2) is 39.0 Å². The topological polar surface area (TPSA) is 62.4 Å². The maximum absolute atomic E-state index is 10.5. The van der Waals surface area contributed by atoms with Crippen LogP contribution in [0.15, 0.2) is 65.1 Å². The van der Waals surface area contributed by atoms with Crippen molar-refractivity contribution < 1.29 is 9.52 Å². The minimum Gasteiger partial charge on any atom is -0.424 e. The van der Waals surface area contributed by atoms with Crippen molar-refractivity contribution in [2.45, 2.75) is 56.7 Å². The van der Waals surface area contributed by atoms with Crippen molar-refractivity contribution in [2.75, 3.05) is 6.54 Å². The van der Waals surface area contributed by atoms with Gasteiger partial charge in [-0.15, -0.1) is 10.2 Å². The number of benzene rings is 2. The standard InChI is InChI=1S/C25H29N3O2/c1-18-26-27-24(30-18)25(20-8-4-2-5-9-20,21-10-6-3-7-11-21)14-12-22-16-19-13-15-28(22)23(29)17-19/h2-11,19,22-23,29H,12-17H2,1H3. The van der Waals surface area contributed by atoms with Crippen LogP contribution in [0.25, 0.3) is 0 Å². The summed E-state index contributed by atoms with van der Waals surface area (Å²) in [5, 5.41) is 19.2. The molecule has 0 amide bonds. The summed E-state index contributed by atoms with van der Waals surface area (Å²) in [4.78, 5) is 2.31. The lowest BCUT2D eigenvalue weighted by Crippen LogP contribution is -2.54. The Morgan fingerprint density at radius 2 is 1.67 bits per heavy atom. The van der Waals surface area contributed by atoms with E-state index in [1.807, 2.05) is 19.1 Å². The van der Waals surface area contributed by atoms with Crippen LogP contribution < -0.4 is 0 Å². The predicted octanol–water partition coefficient (Wildman–Crippen LogP) is 4.30. The largest absolute Gasteiger partial charge is 0.424 e. The molecule has 3 fully saturated rings. The number of nitrogens with zero attached hydrogens (tertiary/aromatic N) is 3. The number of aliphatic hydroxyl groups is 1. The molecule has 3 aliphatic heterocycles.